The fraction of sp³-hybridized carbons (Fsp3) is 0.440. The highest BCUT2D eigenvalue weighted by Crippen LogP contribution is 2.24. The Kier molecular flexibility index (Phi) is 8.46. The van der Waals surface area contributed by atoms with Crippen molar-refractivity contribution in [2.24, 2.45) is 0 Å². The van der Waals surface area contributed by atoms with E-state index in [1.807, 2.05) is 68.4 Å². The van der Waals surface area contributed by atoms with Crippen LogP contribution < -0.4 is 10.1 Å². The number of carbonyl (C=O) groups excluding carboxylic acids is 2. The summed E-state index contributed by atoms with van der Waals surface area (Å²) in [7, 11) is 0. The van der Waals surface area contributed by atoms with Crippen LogP contribution in [0.4, 0.5) is 0 Å². The predicted molar refractivity (Wildman–Crippen MR) is 120 cm³/mol. The summed E-state index contributed by atoms with van der Waals surface area (Å²) in [5.41, 5.74) is 2.24. The third-order valence-corrected chi connectivity index (χ3v) is 5.02. The molecule has 0 aliphatic carbocycles. The lowest BCUT2D eigenvalue weighted by molar-refractivity contribution is -0.142. The van der Waals surface area contributed by atoms with Crippen LogP contribution in [0.1, 0.15) is 52.2 Å². The van der Waals surface area contributed by atoms with Crippen molar-refractivity contribution in [2.75, 3.05) is 13.2 Å². The van der Waals surface area contributed by atoms with Crippen LogP contribution in [0.15, 0.2) is 54.6 Å². The zero-order valence-electron chi connectivity index (χ0n) is 18.8. The van der Waals surface area contributed by atoms with Gasteiger partial charge in [0.25, 0.3) is 5.91 Å². The Morgan fingerprint density at radius 1 is 1.00 bits per heavy atom. The molecule has 0 saturated carbocycles. The summed E-state index contributed by atoms with van der Waals surface area (Å²) >= 11 is 0. The molecule has 0 fully saturated rings. The monoisotopic (exact) mass is 410 g/mol. The molecule has 0 bridgehead atoms. The van der Waals surface area contributed by atoms with Crippen LogP contribution in [0.3, 0.4) is 0 Å². The molecule has 0 spiro atoms. The van der Waals surface area contributed by atoms with E-state index in [4.69, 9.17) is 4.74 Å². The summed E-state index contributed by atoms with van der Waals surface area (Å²) in [4.78, 5) is 27.3. The van der Waals surface area contributed by atoms with Gasteiger partial charge >= 0.3 is 0 Å². The smallest absolute Gasteiger partial charge is 0.261 e. The topological polar surface area (TPSA) is 58.6 Å². The van der Waals surface area contributed by atoms with Gasteiger partial charge in [-0.05, 0) is 42.0 Å². The zero-order chi connectivity index (χ0) is 22.1. The van der Waals surface area contributed by atoms with Crippen molar-refractivity contribution < 1.29 is 14.3 Å². The number of nitrogens with one attached hydrogen (secondary N) is 1. The third kappa shape index (κ3) is 6.61. The van der Waals surface area contributed by atoms with Crippen LogP contribution in [-0.4, -0.2) is 35.9 Å². The van der Waals surface area contributed by atoms with Crippen LogP contribution >= 0.6 is 0 Å². The minimum absolute atomic E-state index is 0.0574. The van der Waals surface area contributed by atoms with Crippen molar-refractivity contribution in [3.05, 3.63) is 65.7 Å². The molecule has 0 aromatic heterocycles. The Balaban J connectivity index is 2.14. The van der Waals surface area contributed by atoms with Gasteiger partial charge in [-0.2, -0.15) is 0 Å². The molecule has 0 radical (unpaired) electrons. The Bertz CT molecular complexity index is 811. The fourth-order valence-corrected chi connectivity index (χ4v) is 3.27. The van der Waals surface area contributed by atoms with Gasteiger partial charge in [0.1, 0.15) is 11.8 Å². The van der Waals surface area contributed by atoms with Crippen LogP contribution in [0.5, 0.6) is 5.75 Å². The number of hydrogen-bond acceptors (Lipinski definition) is 3. The number of likely N-dealkylation sites (N-methyl/N-ethyl adjacent to an activating group) is 1. The molecule has 0 saturated heterocycles. The maximum Gasteiger partial charge on any atom is 0.261 e. The first-order valence-electron chi connectivity index (χ1n) is 10.6. The van der Waals surface area contributed by atoms with Crippen LogP contribution in [-0.2, 0) is 21.5 Å². The lowest BCUT2D eigenvalue weighted by atomic mass is 9.87. The first-order valence-corrected chi connectivity index (χ1v) is 10.6. The second-order valence-corrected chi connectivity index (χ2v) is 8.39. The SMILES string of the molecule is CCNC(=O)C(CC)N(Cc1ccccc1)C(=O)COc1ccc(C(C)(C)C)cc1. The molecule has 2 amide bonds. The van der Waals surface area contributed by atoms with Gasteiger partial charge in [0.15, 0.2) is 6.61 Å². The van der Waals surface area contributed by atoms with E-state index in [0.717, 1.165) is 5.56 Å². The molecule has 1 N–H and O–H groups in total. The van der Waals surface area contributed by atoms with Gasteiger partial charge in [0, 0.05) is 13.1 Å². The first kappa shape index (κ1) is 23.5. The summed E-state index contributed by atoms with van der Waals surface area (Å²) < 4.78 is 5.77. The number of amides is 2. The normalized spacial score (nSPS) is 12.2. The van der Waals surface area contributed by atoms with Crippen molar-refractivity contribution in [1.82, 2.24) is 10.2 Å². The second kappa shape index (κ2) is 10.8. The summed E-state index contributed by atoms with van der Waals surface area (Å²) in [5.74, 6) is 0.290. The quantitative estimate of drug-likeness (QED) is 0.670. The van der Waals surface area contributed by atoms with Crippen molar-refractivity contribution in [1.29, 1.82) is 0 Å². The molecule has 0 aliphatic rings. The average Bonchev–Trinajstić information content (AvgIpc) is 2.72. The number of benzene rings is 2. The molecular formula is C25H34N2O3. The van der Waals surface area contributed by atoms with E-state index in [1.165, 1.54) is 5.56 Å². The maximum atomic E-state index is 13.1. The molecule has 5 nitrogen and oxygen atoms in total. The van der Waals surface area contributed by atoms with E-state index in [0.29, 0.717) is 25.3 Å². The molecule has 30 heavy (non-hydrogen) atoms. The second-order valence-electron chi connectivity index (χ2n) is 8.39. The first-order chi connectivity index (χ1) is 14.3. The minimum atomic E-state index is -0.537. The Morgan fingerprint density at radius 3 is 2.17 bits per heavy atom. The number of ether oxygens (including phenoxy) is 1. The summed E-state index contributed by atoms with van der Waals surface area (Å²) in [6.45, 7) is 11.0. The van der Waals surface area contributed by atoms with Gasteiger partial charge < -0.3 is 15.0 Å². The van der Waals surface area contributed by atoms with Crippen molar-refractivity contribution in [3.63, 3.8) is 0 Å². The minimum Gasteiger partial charge on any atom is -0.484 e. The van der Waals surface area contributed by atoms with Gasteiger partial charge in [-0.15, -0.1) is 0 Å². The summed E-state index contributed by atoms with van der Waals surface area (Å²) in [6, 6.07) is 17.0. The fourth-order valence-electron chi connectivity index (χ4n) is 3.27. The lowest BCUT2D eigenvalue weighted by Gasteiger charge is -2.30. The van der Waals surface area contributed by atoms with E-state index < -0.39 is 6.04 Å². The summed E-state index contributed by atoms with van der Waals surface area (Å²) in [5, 5.41) is 2.84. The highest BCUT2D eigenvalue weighted by atomic mass is 16.5. The predicted octanol–water partition coefficient (Wildman–Crippen LogP) is 4.31. The summed E-state index contributed by atoms with van der Waals surface area (Å²) in [6.07, 6.45) is 0.532. The van der Waals surface area contributed by atoms with Crippen LogP contribution in [0.2, 0.25) is 0 Å². The van der Waals surface area contributed by atoms with Gasteiger partial charge in [-0.25, -0.2) is 0 Å². The molecule has 5 heteroatoms. The number of hydrogen-bond donors (Lipinski definition) is 1. The van der Waals surface area contributed by atoms with E-state index in [1.54, 1.807) is 4.90 Å². The van der Waals surface area contributed by atoms with Crippen LogP contribution in [0.25, 0.3) is 0 Å². The van der Waals surface area contributed by atoms with Gasteiger partial charge in [-0.1, -0.05) is 70.2 Å². The molecule has 2 aromatic rings. The number of rotatable bonds is 9. The standard InChI is InChI=1S/C25H34N2O3/c1-6-22(24(29)26-7-2)27(17-19-11-9-8-10-12-19)23(28)18-30-21-15-13-20(14-16-21)25(3,4)5/h8-16,22H,6-7,17-18H2,1-5H3,(H,26,29). The average molecular weight is 411 g/mol. The Morgan fingerprint density at radius 2 is 1.63 bits per heavy atom. The zero-order valence-corrected chi connectivity index (χ0v) is 18.8. The van der Waals surface area contributed by atoms with Crippen molar-refractivity contribution >= 4 is 11.8 Å². The highest BCUT2D eigenvalue weighted by Gasteiger charge is 2.28. The van der Waals surface area contributed by atoms with E-state index >= 15 is 0 Å². The third-order valence-electron chi connectivity index (χ3n) is 5.02. The van der Waals surface area contributed by atoms with Crippen molar-refractivity contribution in [2.45, 2.75) is 59.0 Å². The molecule has 2 aromatic carbocycles. The lowest BCUT2D eigenvalue weighted by Crippen LogP contribution is -2.50. The van der Waals surface area contributed by atoms with Gasteiger partial charge in [-0.3, -0.25) is 9.59 Å². The number of carbonyl (C=O) groups is 2. The Hall–Kier alpha value is -2.82. The molecule has 162 valence electrons. The largest absolute Gasteiger partial charge is 0.484 e. The molecule has 1 atom stereocenters. The van der Waals surface area contributed by atoms with Crippen molar-refractivity contribution in [3.8, 4) is 5.75 Å². The molecular weight excluding hydrogens is 376 g/mol. The Labute approximate surface area is 180 Å². The molecule has 1 unspecified atom stereocenters. The maximum absolute atomic E-state index is 13.1. The number of nitrogens with zero attached hydrogens (tertiary/aromatic N) is 1. The van der Waals surface area contributed by atoms with E-state index in [-0.39, 0.29) is 23.8 Å². The van der Waals surface area contributed by atoms with E-state index in [2.05, 4.69) is 26.1 Å². The molecule has 0 aliphatic heterocycles. The highest BCUT2D eigenvalue weighted by molar-refractivity contribution is 5.88. The van der Waals surface area contributed by atoms with Gasteiger partial charge in [0.2, 0.25) is 5.91 Å². The van der Waals surface area contributed by atoms with E-state index in [9.17, 15) is 9.59 Å². The molecule has 2 rings (SSSR count). The van der Waals surface area contributed by atoms with Crippen LogP contribution in [0, 0.1) is 0 Å². The van der Waals surface area contributed by atoms with Gasteiger partial charge in [0.05, 0.1) is 0 Å². The molecule has 0 heterocycles.